The third-order valence-electron chi connectivity index (χ3n) is 5.21. The molecule has 1 aliphatic rings. The van der Waals surface area contributed by atoms with E-state index in [-0.39, 0.29) is 0 Å². The van der Waals surface area contributed by atoms with Crippen LogP contribution in [-0.2, 0) is 12.8 Å². The molecular weight excluding hydrogens is 276 g/mol. The molecule has 0 unspecified atom stereocenters. The molecule has 0 saturated carbocycles. The number of benzene rings is 3. The van der Waals surface area contributed by atoms with Gasteiger partial charge in [-0.15, -0.1) is 0 Å². The Bertz CT molecular complexity index is 900. The van der Waals surface area contributed by atoms with Crippen molar-refractivity contribution in [1.82, 2.24) is 0 Å². The summed E-state index contributed by atoms with van der Waals surface area (Å²) in [6.07, 6.45) is 2.14. The van der Waals surface area contributed by atoms with Gasteiger partial charge in [-0.2, -0.15) is 0 Å². The zero-order valence-electron chi connectivity index (χ0n) is 14.1. The molecule has 0 N–H and O–H groups in total. The predicted molar refractivity (Wildman–Crippen MR) is 99.0 cm³/mol. The molecule has 0 fully saturated rings. The minimum absolute atomic E-state index is 1.06. The Balaban J connectivity index is 2.07. The van der Waals surface area contributed by atoms with Gasteiger partial charge in [0.2, 0.25) is 0 Å². The van der Waals surface area contributed by atoms with Crippen LogP contribution in [0.25, 0.3) is 22.3 Å². The second kappa shape index (κ2) is 5.38. The highest BCUT2D eigenvalue weighted by atomic mass is 14.3. The lowest BCUT2D eigenvalue weighted by atomic mass is 9.85. The van der Waals surface area contributed by atoms with Gasteiger partial charge in [0.25, 0.3) is 0 Å². The molecule has 0 heterocycles. The van der Waals surface area contributed by atoms with Crippen LogP contribution in [0.4, 0.5) is 0 Å². The predicted octanol–water partition coefficient (Wildman–Crippen LogP) is 6.10. The summed E-state index contributed by atoms with van der Waals surface area (Å²) in [5.41, 5.74) is 13.0. The number of rotatable bonds is 2. The minimum Gasteiger partial charge on any atom is -0.0620 e. The van der Waals surface area contributed by atoms with Crippen LogP contribution in [0.15, 0.2) is 54.6 Å². The van der Waals surface area contributed by atoms with Gasteiger partial charge in [-0.25, -0.2) is 0 Å². The van der Waals surface area contributed by atoms with Crippen LogP contribution in [0.3, 0.4) is 0 Å². The van der Waals surface area contributed by atoms with Gasteiger partial charge < -0.3 is 0 Å². The molecule has 114 valence electrons. The summed E-state index contributed by atoms with van der Waals surface area (Å²) < 4.78 is 0. The average Bonchev–Trinajstić information content (AvgIpc) is 2.93. The number of hydrogen-bond donors (Lipinski definition) is 0. The van der Waals surface area contributed by atoms with Crippen LogP contribution in [0.5, 0.6) is 0 Å². The van der Waals surface area contributed by atoms with Gasteiger partial charge in [-0.3, -0.25) is 0 Å². The first-order valence-corrected chi connectivity index (χ1v) is 8.50. The summed E-state index contributed by atoms with van der Waals surface area (Å²) in [4.78, 5) is 0. The highest BCUT2D eigenvalue weighted by Crippen LogP contribution is 2.45. The molecule has 0 saturated heterocycles. The van der Waals surface area contributed by atoms with Crippen LogP contribution in [0, 0.1) is 13.8 Å². The Labute approximate surface area is 138 Å². The topological polar surface area (TPSA) is 0 Å². The zero-order chi connectivity index (χ0) is 16.0. The highest BCUT2D eigenvalue weighted by molar-refractivity contribution is 5.88. The SMILES string of the molecule is CCc1c(C)cc2c(c1-c1ccccc1C)Cc1ccccc1-2. The van der Waals surface area contributed by atoms with Crippen LogP contribution in [-0.4, -0.2) is 0 Å². The maximum absolute atomic E-state index is 2.40. The second-order valence-corrected chi connectivity index (χ2v) is 6.58. The molecule has 0 radical (unpaired) electrons. The third-order valence-corrected chi connectivity index (χ3v) is 5.21. The van der Waals surface area contributed by atoms with Crippen molar-refractivity contribution in [2.45, 2.75) is 33.6 Å². The molecule has 4 rings (SSSR count). The van der Waals surface area contributed by atoms with E-state index in [1.54, 1.807) is 0 Å². The fraction of sp³-hybridized carbons (Fsp3) is 0.217. The lowest BCUT2D eigenvalue weighted by molar-refractivity contribution is 1.10. The Morgan fingerprint density at radius 3 is 2.22 bits per heavy atom. The van der Waals surface area contributed by atoms with Crippen molar-refractivity contribution in [3.8, 4) is 22.3 Å². The van der Waals surface area contributed by atoms with E-state index in [1.807, 2.05) is 0 Å². The standard InChI is InChI=1S/C23H22/c1-4-18-16(3)13-21-20-12-8-6-10-17(20)14-22(21)23(18)19-11-7-5-9-15(19)2/h5-13H,4,14H2,1-3H3. The molecule has 0 heteroatoms. The van der Waals surface area contributed by atoms with Crippen molar-refractivity contribution in [2.75, 3.05) is 0 Å². The van der Waals surface area contributed by atoms with Gasteiger partial charge in [-0.1, -0.05) is 61.5 Å². The van der Waals surface area contributed by atoms with E-state index in [4.69, 9.17) is 0 Å². The van der Waals surface area contributed by atoms with Crippen LogP contribution in [0.1, 0.15) is 34.7 Å². The fourth-order valence-corrected chi connectivity index (χ4v) is 4.09. The van der Waals surface area contributed by atoms with Crippen LogP contribution < -0.4 is 0 Å². The van der Waals surface area contributed by atoms with Gasteiger partial charge in [0.15, 0.2) is 0 Å². The van der Waals surface area contributed by atoms with E-state index >= 15 is 0 Å². The highest BCUT2D eigenvalue weighted by Gasteiger charge is 2.24. The van der Waals surface area contributed by atoms with E-state index in [1.165, 1.54) is 50.1 Å². The van der Waals surface area contributed by atoms with Crippen LogP contribution >= 0.6 is 0 Å². The monoisotopic (exact) mass is 298 g/mol. The molecule has 23 heavy (non-hydrogen) atoms. The third kappa shape index (κ3) is 2.13. The Morgan fingerprint density at radius 1 is 0.783 bits per heavy atom. The Hall–Kier alpha value is -2.34. The first-order chi connectivity index (χ1) is 11.2. The summed E-state index contributed by atoms with van der Waals surface area (Å²) in [7, 11) is 0. The quantitative estimate of drug-likeness (QED) is 0.419. The molecular formula is C23H22. The van der Waals surface area contributed by atoms with E-state index in [0.29, 0.717) is 0 Å². The normalized spacial score (nSPS) is 12.1. The van der Waals surface area contributed by atoms with Gasteiger partial charge in [0.1, 0.15) is 0 Å². The van der Waals surface area contributed by atoms with Crippen LogP contribution in [0.2, 0.25) is 0 Å². The van der Waals surface area contributed by atoms with E-state index in [9.17, 15) is 0 Å². The van der Waals surface area contributed by atoms with Crippen molar-refractivity contribution in [3.05, 3.63) is 82.4 Å². The van der Waals surface area contributed by atoms with Gasteiger partial charge >= 0.3 is 0 Å². The minimum atomic E-state index is 1.06. The maximum Gasteiger partial charge on any atom is -0.000718 e. The largest absolute Gasteiger partial charge is 0.0620 e. The van der Waals surface area contributed by atoms with Crippen molar-refractivity contribution in [1.29, 1.82) is 0 Å². The number of fused-ring (bicyclic) bond motifs is 3. The van der Waals surface area contributed by atoms with E-state index in [2.05, 4.69) is 75.4 Å². The summed E-state index contributed by atoms with van der Waals surface area (Å²) in [5, 5.41) is 0. The Kier molecular flexibility index (Phi) is 3.34. The number of hydrogen-bond acceptors (Lipinski definition) is 0. The summed E-state index contributed by atoms with van der Waals surface area (Å²) >= 11 is 0. The molecule has 3 aromatic rings. The second-order valence-electron chi connectivity index (χ2n) is 6.58. The first kappa shape index (κ1) is 14.3. The molecule has 0 amide bonds. The van der Waals surface area contributed by atoms with Gasteiger partial charge in [0, 0.05) is 0 Å². The zero-order valence-corrected chi connectivity index (χ0v) is 14.1. The molecule has 0 atom stereocenters. The van der Waals surface area contributed by atoms with E-state index in [0.717, 1.165) is 12.8 Å². The van der Waals surface area contributed by atoms with Crippen molar-refractivity contribution >= 4 is 0 Å². The van der Waals surface area contributed by atoms with E-state index < -0.39 is 0 Å². The lowest BCUT2D eigenvalue weighted by Gasteiger charge is -2.19. The molecule has 0 spiro atoms. The molecule has 0 aromatic heterocycles. The smallest absolute Gasteiger partial charge is 0.000718 e. The first-order valence-electron chi connectivity index (χ1n) is 8.50. The Morgan fingerprint density at radius 2 is 1.48 bits per heavy atom. The summed E-state index contributed by atoms with van der Waals surface area (Å²) in [6, 6.07) is 20.1. The van der Waals surface area contributed by atoms with Gasteiger partial charge in [0.05, 0.1) is 0 Å². The number of aryl methyl sites for hydroxylation is 2. The summed E-state index contributed by atoms with van der Waals surface area (Å²) in [6.45, 7) is 6.77. The molecule has 3 aromatic carbocycles. The van der Waals surface area contributed by atoms with Gasteiger partial charge in [-0.05, 0) is 76.8 Å². The maximum atomic E-state index is 2.40. The van der Waals surface area contributed by atoms with Crippen molar-refractivity contribution in [2.24, 2.45) is 0 Å². The molecule has 0 bridgehead atoms. The molecule has 0 nitrogen and oxygen atoms in total. The van der Waals surface area contributed by atoms with Crippen molar-refractivity contribution < 1.29 is 0 Å². The van der Waals surface area contributed by atoms with Crippen molar-refractivity contribution in [3.63, 3.8) is 0 Å². The average molecular weight is 298 g/mol. The summed E-state index contributed by atoms with van der Waals surface area (Å²) in [5.74, 6) is 0. The lowest BCUT2D eigenvalue weighted by Crippen LogP contribution is -1.99. The molecule has 1 aliphatic carbocycles. The fourth-order valence-electron chi connectivity index (χ4n) is 4.09. The molecule has 0 aliphatic heterocycles.